The van der Waals surface area contributed by atoms with Crippen molar-refractivity contribution < 1.29 is 24.0 Å². The first-order chi connectivity index (χ1) is 13.3. The topological polar surface area (TPSA) is 131 Å². The average Bonchev–Trinajstić information content (AvgIpc) is 2.70. The predicted octanol–water partition coefficient (Wildman–Crippen LogP) is 1.28. The van der Waals surface area contributed by atoms with Gasteiger partial charge in [0, 0.05) is 37.5 Å². The largest absolute Gasteiger partial charge is 0.452 e. The van der Waals surface area contributed by atoms with E-state index >= 15 is 0 Å². The van der Waals surface area contributed by atoms with Gasteiger partial charge in [0.15, 0.2) is 6.61 Å². The van der Waals surface area contributed by atoms with Crippen LogP contribution in [-0.4, -0.2) is 43.4 Å². The molecule has 146 valence electrons. The Balaban J connectivity index is 1.82. The number of carbonyl (C=O) groups excluding carboxylic acids is 3. The molecule has 10 nitrogen and oxygen atoms in total. The number of nitro benzene ring substituents is 1. The number of ether oxygens (including phenoxy) is 1. The molecule has 0 saturated carbocycles. The van der Waals surface area contributed by atoms with Gasteiger partial charge in [-0.3, -0.25) is 30.6 Å². The summed E-state index contributed by atoms with van der Waals surface area (Å²) in [6.07, 6.45) is 0. The zero-order valence-corrected chi connectivity index (χ0v) is 15.2. The van der Waals surface area contributed by atoms with E-state index in [4.69, 9.17) is 4.74 Å². The highest BCUT2D eigenvalue weighted by Crippen LogP contribution is 2.14. The van der Waals surface area contributed by atoms with Gasteiger partial charge in [-0.05, 0) is 30.3 Å². The molecule has 2 amide bonds. The SMILES string of the molecule is CN(C)c1cccc(C(=O)OCC(=O)NNC(=O)c2ccc([N+](=O)[O-])cc2)c1. The van der Waals surface area contributed by atoms with E-state index in [1.807, 2.05) is 25.1 Å². The number of hydrogen-bond donors (Lipinski definition) is 2. The first kappa shape index (κ1) is 20.4. The number of nitrogens with one attached hydrogen (secondary N) is 2. The van der Waals surface area contributed by atoms with Crippen molar-refractivity contribution in [3.63, 3.8) is 0 Å². The number of nitro groups is 1. The lowest BCUT2D eigenvalue weighted by Gasteiger charge is -2.13. The summed E-state index contributed by atoms with van der Waals surface area (Å²) in [5.74, 6) is -2.10. The second-order valence-electron chi connectivity index (χ2n) is 5.83. The van der Waals surface area contributed by atoms with Crippen LogP contribution in [-0.2, 0) is 9.53 Å². The van der Waals surface area contributed by atoms with E-state index < -0.39 is 29.3 Å². The Labute approximate surface area is 160 Å². The monoisotopic (exact) mass is 386 g/mol. The van der Waals surface area contributed by atoms with Crippen LogP contribution in [0.3, 0.4) is 0 Å². The minimum Gasteiger partial charge on any atom is -0.452 e. The molecule has 2 aromatic carbocycles. The molecule has 0 heterocycles. The van der Waals surface area contributed by atoms with Crippen molar-refractivity contribution in [1.82, 2.24) is 10.9 Å². The summed E-state index contributed by atoms with van der Waals surface area (Å²) < 4.78 is 4.91. The molecule has 0 spiro atoms. The Kier molecular flexibility index (Phi) is 6.63. The van der Waals surface area contributed by atoms with Gasteiger partial charge in [-0.1, -0.05) is 6.07 Å². The van der Waals surface area contributed by atoms with Crippen LogP contribution in [0.5, 0.6) is 0 Å². The zero-order chi connectivity index (χ0) is 20.7. The van der Waals surface area contributed by atoms with Gasteiger partial charge < -0.3 is 9.64 Å². The number of rotatable bonds is 6. The Morgan fingerprint density at radius 3 is 2.32 bits per heavy atom. The van der Waals surface area contributed by atoms with Gasteiger partial charge in [0.2, 0.25) is 0 Å². The summed E-state index contributed by atoms with van der Waals surface area (Å²) >= 11 is 0. The quantitative estimate of drug-likeness (QED) is 0.434. The van der Waals surface area contributed by atoms with Crippen molar-refractivity contribution >= 4 is 29.2 Å². The highest BCUT2D eigenvalue weighted by Gasteiger charge is 2.13. The highest BCUT2D eigenvalue weighted by molar-refractivity contribution is 5.96. The number of hydrogen-bond acceptors (Lipinski definition) is 7. The fourth-order valence-electron chi connectivity index (χ4n) is 2.09. The number of carbonyl (C=O) groups is 3. The number of non-ortho nitro benzene ring substituents is 1. The molecule has 28 heavy (non-hydrogen) atoms. The van der Waals surface area contributed by atoms with Gasteiger partial charge in [-0.2, -0.15) is 0 Å². The van der Waals surface area contributed by atoms with Gasteiger partial charge in [0.1, 0.15) is 0 Å². The van der Waals surface area contributed by atoms with Crippen molar-refractivity contribution in [1.29, 1.82) is 0 Å². The van der Waals surface area contributed by atoms with E-state index in [0.29, 0.717) is 0 Å². The maximum absolute atomic E-state index is 12.0. The van der Waals surface area contributed by atoms with Gasteiger partial charge in [0.25, 0.3) is 17.5 Å². The van der Waals surface area contributed by atoms with E-state index in [-0.39, 0.29) is 16.8 Å². The zero-order valence-electron chi connectivity index (χ0n) is 15.2. The first-order valence-corrected chi connectivity index (χ1v) is 8.06. The minimum atomic E-state index is -0.743. The molecular formula is C18H18N4O6. The minimum absolute atomic E-state index is 0.114. The summed E-state index contributed by atoms with van der Waals surface area (Å²) in [6.45, 7) is -0.592. The van der Waals surface area contributed by atoms with Crippen molar-refractivity contribution in [2.75, 3.05) is 25.6 Å². The lowest BCUT2D eigenvalue weighted by atomic mass is 10.2. The molecule has 0 atom stereocenters. The van der Waals surface area contributed by atoms with E-state index in [1.54, 1.807) is 18.2 Å². The molecule has 2 rings (SSSR count). The molecular weight excluding hydrogens is 368 g/mol. The fraction of sp³-hybridized carbons (Fsp3) is 0.167. The number of benzene rings is 2. The van der Waals surface area contributed by atoms with E-state index in [2.05, 4.69) is 10.9 Å². The number of nitrogens with zero attached hydrogens (tertiary/aromatic N) is 2. The Bertz CT molecular complexity index is 895. The molecule has 0 aliphatic rings. The van der Waals surface area contributed by atoms with Gasteiger partial charge >= 0.3 is 5.97 Å². The van der Waals surface area contributed by atoms with Crippen LogP contribution in [0.4, 0.5) is 11.4 Å². The van der Waals surface area contributed by atoms with Crippen molar-refractivity contribution in [3.05, 3.63) is 69.8 Å². The first-order valence-electron chi connectivity index (χ1n) is 8.06. The second kappa shape index (κ2) is 9.12. The standard InChI is InChI=1S/C18H18N4O6/c1-21(2)15-5-3-4-13(10-15)18(25)28-11-16(23)19-20-17(24)12-6-8-14(9-7-12)22(26)27/h3-10H,11H2,1-2H3,(H,19,23)(H,20,24). The van der Waals surface area contributed by atoms with Crippen LogP contribution in [0.1, 0.15) is 20.7 Å². The Hall–Kier alpha value is -3.95. The number of amides is 2. The van der Waals surface area contributed by atoms with E-state index in [1.165, 1.54) is 24.3 Å². The molecule has 0 bridgehead atoms. The summed E-state index contributed by atoms with van der Waals surface area (Å²) in [6, 6.07) is 11.5. The summed E-state index contributed by atoms with van der Waals surface area (Å²) in [7, 11) is 3.65. The molecule has 0 radical (unpaired) electrons. The van der Waals surface area contributed by atoms with Crippen LogP contribution in [0.2, 0.25) is 0 Å². The fourth-order valence-corrected chi connectivity index (χ4v) is 2.09. The van der Waals surface area contributed by atoms with Gasteiger partial charge in [-0.15, -0.1) is 0 Å². The summed E-state index contributed by atoms with van der Waals surface area (Å²) in [4.78, 5) is 47.4. The summed E-state index contributed by atoms with van der Waals surface area (Å²) in [5, 5.41) is 10.6. The molecule has 0 fully saturated rings. The van der Waals surface area contributed by atoms with Crippen LogP contribution < -0.4 is 15.8 Å². The number of hydrazine groups is 1. The maximum atomic E-state index is 12.0. The lowest BCUT2D eigenvalue weighted by Crippen LogP contribution is -2.43. The van der Waals surface area contributed by atoms with Crippen molar-refractivity contribution in [2.45, 2.75) is 0 Å². The third-order valence-corrected chi connectivity index (χ3v) is 3.59. The van der Waals surface area contributed by atoms with Crippen LogP contribution in [0, 0.1) is 10.1 Å². The summed E-state index contributed by atoms with van der Waals surface area (Å²) in [5.41, 5.74) is 5.26. The van der Waals surface area contributed by atoms with Crippen LogP contribution in [0.25, 0.3) is 0 Å². The lowest BCUT2D eigenvalue weighted by molar-refractivity contribution is -0.384. The number of anilines is 1. The van der Waals surface area contributed by atoms with Crippen LogP contribution >= 0.6 is 0 Å². The maximum Gasteiger partial charge on any atom is 0.338 e. The molecule has 0 unspecified atom stereocenters. The van der Waals surface area contributed by atoms with Crippen molar-refractivity contribution in [2.24, 2.45) is 0 Å². The third-order valence-electron chi connectivity index (χ3n) is 3.59. The molecule has 0 aromatic heterocycles. The Morgan fingerprint density at radius 2 is 1.71 bits per heavy atom. The Morgan fingerprint density at radius 1 is 1.04 bits per heavy atom. The highest BCUT2D eigenvalue weighted by atomic mass is 16.6. The van der Waals surface area contributed by atoms with Gasteiger partial charge in [0.05, 0.1) is 10.5 Å². The smallest absolute Gasteiger partial charge is 0.338 e. The molecule has 0 aliphatic heterocycles. The normalized spacial score (nSPS) is 9.93. The second-order valence-corrected chi connectivity index (χ2v) is 5.83. The predicted molar refractivity (Wildman–Crippen MR) is 99.8 cm³/mol. The van der Waals surface area contributed by atoms with Crippen molar-refractivity contribution in [3.8, 4) is 0 Å². The van der Waals surface area contributed by atoms with Gasteiger partial charge in [-0.25, -0.2) is 4.79 Å². The molecule has 2 N–H and O–H groups in total. The molecule has 0 aliphatic carbocycles. The average molecular weight is 386 g/mol. The number of esters is 1. The third kappa shape index (κ3) is 5.53. The molecule has 2 aromatic rings. The molecule has 0 saturated heterocycles. The van der Waals surface area contributed by atoms with Crippen LogP contribution in [0.15, 0.2) is 48.5 Å². The molecule has 10 heteroatoms. The van der Waals surface area contributed by atoms with E-state index in [9.17, 15) is 24.5 Å². The van der Waals surface area contributed by atoms with E-state index in [0.717, 1.165) is 5.69 Å².